The second kappa shape index (κ2) is 9.23. The summed E-state index contributed by atoms with van der Waals surface area (Å²) >= 11 is 1.13. The number of nitrogens with zero attached hydrogens (tertiary/aromatic N) is 4. The van der Waals surface area contributed by atoms with Gasteiger partial charge in [0.25, 0.3) is 0 Å². The number of halogens is 1. The molecule has 0 aliphatic carbocycles. The molecule has 0 saturated heterocycles. The van der Waals surface area contributed by atoms with E-state index in [-0.39, 0.29) is 17.6 Å². The average Bonchev–Trinajstić information content (AvgIpc) is 3.60. The van der Waals surface area contributed by atoms with Gasteiger partial charge in [-0.3, -0.25) is 19.9 Å². The molecule has 6 rings (SSSR count). The molecular formula is C27H22FN7OS. The van der Waals surface area contributed by atoms with Crippen molar-refractivity contribution in [3.8, 4) is 33.1 Å². The standard InChI is InChI=1S/C27H22FN7OS/c1-35(2)14-26(36)31-16-8-15(11-29-12-16)21-10-19-23(13-30-21)33-34-27(19)22-9-18-17(4-3-5-20(18)32-22)24-6-7-25(28)37-24/h3-13,32H,14H2,1-2H3,(H,31,36)(H,33,34). The Morgan fingerprint density at radius 1 is 1.05 bits per heavy atom. The number of benzene rings is 1. The van der Waals surface area contributed by atoms with Crippen molar-refractivity contribution in [2.45, 2.75) is 0 Å². The molecule has 5 aromatic heterocycles. The van der Waals surface area contributed by atoms with Crippen molar-refractivity contribution in [3.05, 3.63) is 72.3 Å². The summed E-state index contributed by atoms with van der Waals surface area (Å²) in [6.45, 7) is 0.278. The van der Waals surface area contributed by atoms with Gasteiger partial charge in [-0.1, -0.05) is 12.1 Å². The third-order valence-corrected chi connectivity index (χ3v) is 6.89. The first kappa shape index (κ1) is 23.0. The number of hydrogen-bond donors (Lipinski definition) is 3. The maximum absolute atomic E-state index is 13.7. The summed E-state index contributed by atoms with van der Waals surface area (Å²) < 4.78 is 13.7. The molecule has 1 aromatic carbocycles. The molecule has 0 radical (unpaired) electrons. The summed E-state index contributed by atoms with van der Waals surface area (Å²) in [5.41, 5.74) is 6.38. The summed E-state index contributed by atoms with van der Waals surface area (Å²) in [6, 6.07) is 15.1. The van der Waals surface area contributed by atoms with Crippen LogP contribution in [0.15, 0.2) is 67.1 Å². The molecule has 0 aliphatic heterocycles. The highest BCUT2D eigenvalue weighted by Gasteiger charge is 2.16. The van der Waals surface area contributed by atoms with E-state index in [0.717, 1.165) is 60.5 Å². The van der Waals surface area contributed by atoms with Crippen LogP contribution in [-0.2, 0) is 4.79 Å². The first-order valence-corrected chi connectivity index (χ1v) is 12.4. The topological polar surface area (TPSA) is 103 Å². The highest BCUT2D eigenvalue weighted by atomic mass is 32.1. The summed E-state index contributed by atoms with van der Waals surface area (Å²) in [4.78, 5) is 27.2. The van der Waals surface area contributed by atoms with Gasteiger partial charge in [0, 0.05) is 38.5 Å². The van der Waals surface area contributed by atoms with E-state index < -0.39 is 0 Å². The highest BCUT2D eigenvalue weighted by Crippen LogP contribution is 2.37. The van der Waals surface area contributed by atoms with Crippen molar-refractivity contribution in [3.63, 3.8) is 0 Å². The number of hydrogen-bond acceptors (Lipinski definition) is 6. The number of aromatic amines is 2. The predicted molar refractivity (Wildman–Crippen MR) is 145 cm³/mol. The van der Waals surface area contributed by atoms with E-state index >= 15 is 0 Å². The Morgan fingerprint density at radius 2 is 1.95 bits per heavy atom. The van der Waals surface area contributed by atoms with Crippen molar-refractivity contribution in [2.24, 2.45) is 0 Å². The zero-order chi connectivity index (χ0) is 25.5. The van der Waals surface area contributed by atoms with Crippen LogP contribution in [-0.4, -0.2) is 56.6 Å². The average molecular weight is 512 g/mol. The van der Waals surface area contributed by atoms with Gasteiger partial charge in [0.2, 0.25) is 5.91 Å². The van der Waals surface area contributed by atoms with Crippen LogP contribution in [0.3, 0.4) is 0 Å². The van der Waals surface area contributed by atoms with Crippen LogP contribution in [0.5, 0.6) is 0 Å². The van der Waals surface area contributed by atoms with Crippen LogP contribution in [0.1, 0.15) is 0 Å². The minimum atomic E-state index is -0.211. The van der Waals surface area contributed by atoms with Crippen molar-refractivity contribution >= 4 is 44.7 Å². The summed E-state index contributed by atoms with van der Waals surface area (Å²) in [5.74, 6) is -0.118. The van der Waals surface area contributed by atoms with Gasteiger partial charge in [-0.2, -0.15) is 9.49 Å². The molecular weight excluding hydrogens is 489 g/mol. The van der Waals surface area contributed by atoms with Crippen LogP contribution in [0, 0.1) is 5.13 Å². The maximum Gasteiger partial charge on any atom is 0.238 e. The third-order valence-electron chi connectivity index (χ3n) is 5.98. The smallest absolute Gasteiger partial charge is 0.238 e. The number of aromatic nitrogens is 5. The Labute approximate surface area is 215 Å². The Bertz CT molecular complexity index is 1770. The lowest BCUT2D eigenvalue weighted by Gasteiger charge is -2.10. The number of fused-ring (bicyclic) bond motifs is 2. The molecule has 0 fully saturated rings. The second-order valence-electron chi connectivity index (χ2n) is 8.99. The Kier molecular flexibility index (Phi) is 5.74. The van der Waals surface area contributed by atoms with Crippen LogP contribution in [0.4, 0.5) is 10.1 Å². The zero-order valence-corrected chi connectivity index (χ0v) is 20.9. The van der Waals surface area contributed by atoms with Gasteiger partial charge in [0.1, 0.15) is 5.69 Å². The number of amides is 1. The number of carbonyl (C=O) groups is 1. The summed E-state index contributed by atoms with van der Waals surface area (Å²) in [6.07, 6.45) is 5.06. The third kappa shape index (κ3) is 4.48. The molecule has 0 atom stereocenters. The molecule has 0 unspecified atom stereocenters. The molecule has 184 valence electrons. The van der Waals surface area contributed by atoms with Gasteiger partial charge >= 0.3 is 0 Å². The molecule has 1 amide bonds. The van der Waals surface area contributed by atoms with Gasteiger partial charge in [-0.15, -0.1) is 11.3 Å². The summed E-state index contributed by atoms with van der Waals surface area (Å²) in [5, 5.41) is 12.2. The van der Waals surface area contributed by atoms with Crippen LogP contribution < -0.4 is 5.32 Å². The first-order valence-electron chi connectivity index (χ1n) is 11.6. The fraction of sp³-hybridized carbons (Fsp3) is 0.111. The number of rotatable bonds is 6. The number of carbonyl (C=O) groups excluding carboxylic acids is 1. The minimum absolute atomic E-state index is 0.118. The summed E-state index contributed by atoms with van der Waals surface area (Å²) in [7, 11) is 3.68. The van der Waals surface area contributed by atoms with Crippen molar-refractivity contribution in [1.82, 2.24) is 30.0 Å². The molecule has 3 N–H and O–H groups in total. The van der Waals surface area contributed by atoms with Crippen LogP contribution in [0.2, 0.25) is 0 Å². The molecule has 0 saturated carbocycles. The first-order chi connectivity index (χ1) is 17.9. The molecule has 0 spiro atoms. The fourth-order valence-corrected chi connectivity index (χ4v) is 5.14. The largest absolute Gasteiger partial charge is 0.353 e. The van der Waals surface area contributed by atoms with E-state index in [9.17, 15) is 9.18 Å². The quantitative estimate of drug-likeness (QED) is 0.273. The van der Waals surface area contributed by atoms with Crippen LogP contribution in [0.25, 0.3) is 54.9 Å². The zero-order valence-electron chi connectivity index (χ0n) is 20.0. The highest BCUT2D eigenvalue weighted by molar-refractivity contribution is 7.14. The maximum atomic E-state index is 13.7. The van der Waals surface area contributed by atoms with Crippen molar-refractivity contribution in [1.29, 1.82) is 0 Å². The molecule has 8 nitrogen and oxygen atoms in total. The number of thiophene rings is 1. The SMILES string of the molecule is CN(C)CC(=O)Nc1cncc(-c2cc3c(-c4cc5c(-c6ccc(F)s6)cccc5[nH]4)n[nH]c3cn2)c1. The fourth-order valence-electron chi connectivity index (χ4n) is 4.37. The van der Waals surface area contributed by atoms with Gasteiger partial charge < -0.3 is 15.2 Å². The van der Waals surface area contributed by atoms with E-state index in [0.29, 0.717) is 11.4 Å². The number of likely N-dealkylation sites (N-methyl/N-ethyl adjacent to an activating group) is 1. The number of H-pyrrole nitrogens is 2. The Morgan fingerprint density at radius 3 is 2.76 bits per heavy atom. The Balaban J connectivity index is 1.38. The minimum Gasteiger partial charge on any atom is -0.353 e. The number of pyridine rings is 2. The lowest BCUT2D eigenvalue weighted by atomic mass is 10.1. The van der Waals surface area contributed by atoms with Gasteiger partial charge in [0.15, 0.2) is 5.13 Å². The van der Waals surface area contributed by atoms with Gasteiger partial charge in [-0.25, -0.2) is 0 Å². The van der Waals surface area contributed by atoms with E-state index in [1.54, 1.807) is 29.6 Å². The lowest BCUT2D eigenvalue weighted by molar-refractivity contribution is -0.116. The second-order valence-corrected chi connectivity index (χ2v) is 10.0. The molecule has 6 aromatic rings. The molecule has 0 bridgehead atoms. The Hall–Kier alpha value is -4.41. The lowest BCUT2D eigenvalue weighted by Crippen LogP contribution is -2.27. The normalized spacial score (nSPS) is 11.6. The molecule has 10 heteroatoms. The van der Waals surface area contributed by atoms with E-state index in [1.165, 1.54) is 6.07 Å². The van der Waals surface area contributed by atoms with Crippen molar-refractivity contribution in [2.75, 3.05) is 26.0 Å². The van der Waals surface area contributed by atoms with E-state index in [2.05, 4.69) is 30.5 Å². The van der Waals surface area contributed by atoms with Gasteiger partial charge in [-0.05, 0) is 50.5 Å². The van der Waals surface area contributed by atoms with Gasteiger partial charge in [0.05, 0.1) is 41.5 Å². The van der Waals surface area contributed by atoms with E-state index in [1.807, 2.05) is 50.5 Å². The number of anilines is 1. The van der Waals surface area contributed by atoms with Crippen LogP contribution >= 0.6 is 11.3 Å². The number of nitrogens with one attached hydrogen (secondary N) is 3. The predicted octanol–water partition coefficient (Wildman–Crippen LogP) is 5.54. The molecule has 37 heavy (non-hydrogen) atoms. The van der Waals surface area contributed by atoms with E-state index in [4.69, 9.17) is 0 Å². The van der Waals surface area contributed by atoms with Crippen molar-refractivity contribution < 1.29 is 9.18 Å². The monoisotopic (exact) mass is 511 g/mol. The molecule has 5 heterocycles. The molecule has 0 aliphatic rings.